The van der Waals surface area contributed by atoms with Crippen LogP contribution >= 0.6 is 11.8 Å². The van der Waals surface area contributed by atoms with Crippen LogP contribution in [0.25, 0.3) is 11.4 Å². The topological polar surface area (TPSA) is 73.4 Å². The van der Waals surface area contributed by atoms with Gasteiger partial charge in [0.1, 0.15) is 11.5 Å². The fourth-order valence-corrected chi connectivity index (χ4v) is 4.83. The van der Waals surface area contributed by atoms with E-state index in [-0.39, 0.29) is 5.91 Å². The van der Waals surface area contributed by atoms with E-state index in [0.29, 0.717) is 29.3 Å². The number of ether oxygens (including phenoxy) is 1. The molecule has 2 heterocycles. The maximum atomic E-state index is 12.8. The first-order valence-corrected chi connectivity index (χ1v) is 11.6. The third-order valence-electron chi connectivity index (χ3n) is 5.78. The minimum absolute atomic E-state index is 0.132. The minimum atomic E-state index is 0.132. The molecule has 8 heteroatoms. The smallest absolute Gasteiger partial charge is 0.233 e. The normalized spacial score (nSPS) is 14.5. The number of carbonyl (C=O) groups excluding carboxylic acids is 1. The largest absolute Gasteiger partial charge is 0.497 e. The highest BCUT2D eigenvalue weighted by Gasteiger charge is 2.23. The molecule has 0 radical (unpaired) electrons. The molecule has 1 fully saturated rings. The number of rotatable bonds is 8. The molecule has 0 aliphatic heterocycles. The maximum Gasteiger partial charge on any atom is 0.233 e. The Bertz CT molecular complexity index is 996. The highest BCUT2D eigenvalue weighted by molar-refractivity contribution is 7.99. The zero-order valence-corrected chi connectivity index (χ0v) is 18.8. The molecule has 31 heavy (non-hydrogen) atoms. The predicted octanol–water partition coefficient (Wildman–Crippen LogP) is 4.48. The minimum Gasteiger partial charge on any atom is -0.497 e. The standard InChI is InChI=1S/C23H28N4O3S/c1-26(18-9-4-3-5-10-18)21(28)16-31-23-25-24-22(17-8-6-11-19(14-17)29-2)27(23)15-20-12-7-13-30-20/h6-8,11-14,18H,3-5,9-10,15-16H2,1-2H3. The summed E-state index contributed by atoms with van der Waals surface area (Å²) in [4.78, 5) is 14.7. The molecule has 0 bridgehead atoms. The summed E-state index contributed by atoms with van der Waals surface area (Å²) in [5.74, 6) is 2.74. The first-order chi connectivity index (χ1) is 15.2. The molecule has 2 aromatic heterocycles. The molecule has 7 nitrogen and oxygen atoms in total. The van der Waals surface area contributed by atoms with Gasteiger partial charge >= 0.3 is 0 Å². The molecule has 1 aromatic carbocycles. The number of amides is 1. The molecule has 1 amide bonds. The van der Waals surface area contributed by atoms with Crippen LogP contribution in [0.1, 0.15) is 37.9 Å². The number of nitrogens with zero attached hydrogens (tertiary/aromatic N) is 4. The fraction of sp³-hybridized carbons (Fsp3) is 0.435. The lowest BCUT2D eigenvalue weighted by Gasteiger charge is -2.31. The third kappa shape index (κ3) is 5.12. The Balaban J connectivity index is 1.53. The molecule has 164 valence electrons. The molecule has 1 saturated carbocycles. The number of thioether (sulfide) groups is 1. The molecule has 0 saturated heterocycles. The Labute approximate surface area is 186 Å². The van der Waals surface area contributed by atoms with Gasteiger partial charge in [0.15, 0.2) is 11.0 Å². The predicted molar refractivity (Wildman–Crippen MR) is 120 cm³/mol. The summed E-state index contributed by atoms with van der Waals surface area (Å²) in [5, 5.41) is 9.51. The summed E-state index contributed by atoms with van der Waals surface area (Å²) in [6.07, 6.45) is 7.54. The number of methoxy groups -OCH3 is 1. The van der Waals surface area contributed by atoms with Crippen LogP contribution in [0, 0.1) is 0 Å². The highest BCUT2D eigenvalue weighted by atomic mass is 32.2. The summed E-state index contributed by atoms with van der Waals surface area (Å²) in [6.45, 7) is 0.488. The third-order valence-corrected chi connectivity index (χ3v) is 6.73. The van der Waals surface area contributed by atoms with Crippen LogP contribution in [0.2, 0.25) is 0 Å². The van der Waals surface area contributed by atoms with Gasteiger partial charge in [-0.25, -0.2) is 0 Å². The number of hydrogen-bond acceptors (Lipinski definition) is 6. The van der Waals surface area contributed by atoms with Gasteiger partial charge in [0.25, 0.3) is 0 Å². The lowest BCUT2D eigenvalue weighted by molar-refractivity contribution is -0.129. The lowest BCUT2D eigenvalue weighted by Crippen LogP contribution is -2.39. The van der Waals surface area contributed by atoms with Gasteiger partial charge in [0, 0.05) is 18.7 Å². The zero-order chi connectivity index (χ0) is 21.6. The quantitative estimate of drug-likeness (QED) is 0.481. The fourth-order valence-electron chi connectivity index (χ4n) is 3.97. The summed E-state index contributed by atoms with van der Waals surface area (Å²) in [5.41, 5.74) is 0.899. The summed E-state index contributed by atoms with van der Waals surface area (Å²) < 4.78 is 12.9. The Hall–Kier alpha value is -2.74. The molecule has 0 N–H and O–H groups in total. The Morgan fingerprint density at radius 3 is 2.81 bits per heavy atom. The first-order valence-electron chi connectivity index (χ1n) is 10.6. The van der Waals surface area contributed by atoms with Crippen LogP contribution in [0.4, 0.5) is 0 Å². The van der Waals surface area contributed by atoms with E-state index in [1.54, 1.807) is 13.4 Å². The Kier molecular flexibility index (Phi) is 6.96. The van der Waals surface area contributed by atoms with Crippen LogP contribution < -0.4 is 4.74 Å². The van der Waals surface area contributed by atoms with E-state index < -0.39 is 0 Å². The van der Waals surface area contributed by atoms with E-state index >= 15 is 0 Å². The maximum absolute atomic E-state index is 12.8. The monoisotopic (exact) mass is 440 g/mol. The van der Waals surface area contributed by atoms with Gasteiger partial charge in [0.05, 0.1) is 25.7 Å². The molecule has 0 unspecified atom stereocenters. The molecule has 0 atom stereocenters. The number of carbonyl (C=O) groups is 1. The second-order valence-corrected chi connectivity index (χ2v) is 8.73. The van der Waals surface area contributed by atoms with Gasteiger partial charge in [-0.15, -0.1) is 10.2 Å². The van der Waals surface area contributed by atoms with Crippen molar-refractivity contribution in [1.29, 1.82) is 0 Å². The summed E-state index contributed by atoms with van der Waals surface area (Å²) in [6, 6.07) is 11.9. The van der Waals surface area contributed by atoms with Gasteiger partial charge in [-0.05, 0) is 37.1 Å². The molecule has 4 rings (SSSR count). The van der Waals surface area contributed by atoms with Crippen molar-refractivity contribution in [2.75, 3.05) is 19.9 Å². The molecule has 0 spiro atoms. The van der Waals surface area contributed by atoms with Gasteiger partial charge < -0.3 is 14.1 Å². The van der Waals surface area contributed by atoms with E-state index in [1.165, 1.54) is 31.0 Å². The van der Waals surface area contributed by atoms with Crippen molar-refractivity contribution in [3.63, 3.8) is 0 Å². The molecule has 1 aliphatic rings. The lowest BCUT2D eigenvalue weighted by atomic mass is 9.94. The summed E-state index contributed by atoms with van der Waals surface area (Å²) >= 11 is 1.42. The number of hydrogen-bond donors (Lipinski definition) is 0. The van der Waals surface area contributed by atoms with Crippen molar-refractivity contribution >= 4 is 17.7 Å². The van der Waals surface area contributed by atoms with Gasteiger partial charge in [-0.2, -0.15) is 0 Å². The van der Waals surface area contributed by atoms with Gasteiger partial charge in [-0.1, -0.05) is 43.2 Å². The average Bonchev–Trinajstić information content (AvgIpc) is 3.48. The van der Waals surface area contributed by atoms with Crippen LogP contribution in [0.5, 0.6) is 5.75 Å². The molecule has 1 aliphatic carbocycles. The van der Waals surface area contributed by atoms with Crippen LogP contribution in [-0.4, -0.2) is 51.5 Å². The Morgan fingerprint density at radius 2 is 2.06 bits per heavy atom. The molecular formula is C23H28N4O3S. The number of aromatic nitrogens is 3. The van der Waals surface area contributed by atoms with Crippen molar-refractivity contribution in [3.05, 3.63) is 48.4 Å². The number of furan rings is 1. The van der Waals surface area contributed by atoms with Crippen molar-refractivity contribution in [2.24, 2.45) is 0 Å². The van der Waals surface area contributed by atoms with Crippen LogP contribution in [0.15, 0.2) is 52.2 Å². The van der Waals surface area contributed by atoms with E-state index in [2.05, 4.69) is 10.2 Å². The SMILES string of the molecule is COc1cccc(-c2nnc(SCC(=O)N(C)C3CCCCC3)n2Cc2ccco2)c1. The van der Waals surface area contributed by atoms with Crippen LogP contribution in [0.3, 0.4) is 0 Å². The Morgan fingerprint density at radius 1 is 1.23 bits per heavy atom. The van der Waals surface area contributed by atoms with Crippen molar-refractivity contribution < 1.29 is 13.9 Å². The zero-order valence-electron chi connectivity index (χ0n) is 18.0. The van der Waals surface area contributed by atoms with Crippen LogP contribution in [-0.2, 0) is 11.3 Å². The van der Waals surface area contributed by atoms with E-state index in [4.69, 9.17) is 9.15 Å². The van der Waals surface area contributed by atoms with E-state index in [1.807, 2.05) is 52.9 Å². The summed E-state index contributed by atoms with van der Waals surface area (Å²) in [7, 11) is 3.57. The van der Waals surface area contributed by atoms with Crippen molar-refractivity contribution in [2.45, 2.75) is 49.8 Å². The first kappa shape index (κ1) is 21.5. The number of benzene rings is 1. The molecular weight excluding hydrogens is 412 g/mol. The average molecular weight is 441 g/mol. The highest BCUT2D eigenvalue weighted by Crippen LogP contribution is 2.28. The van der Waals surface area contributed by atoms with Gasteiger partial charge in [0.2, 0.25) is 5.91 Å². The second-order valence-electron chi connectivity index (χ2n) is 7.79. The van der Waals surface area contributed by atoms with E-state index in [0.717, 1.165) is 29.9 Å². The van der Waals surface area contributed by atoms with Crippen molar-refractivity contribution in [3.8, 4) is 17.1 Å². The van der Waals surface area contributed by atoms with Crippen molar-refractivity contribution in [1.82, 2.24) is 19.7 Å². The second kappa shape index (κ2) is 10.0. The molecule has 3 aromatic rings. The van der Waals surface area contributed by atoms with E-state index in [9.17, 15) is 4.79 Å². The van der Waals surface area contributed by atoms with Gasteiger partial charge in [-0.3, -0.25) is 9.36 Å².